The van der Waals surface area contributed by atoms with Gasteiger partial charge in [0, 0.05) is 11.6 Å². The summed E-state index contributed by atoms with van der Waals surface area (Å²) in [6, 6.07) is 1.26. The maximum absolute atomic E-state index is 10.7. The van der Waals surface area contributed by atoms with Gasteiger partial charge in [-0.1, -0.05) is 6.92 Å². The number of carboxylic acids is 1. The van der Waals surface area contributed by atoms with Crippen LogP contribution in [0.15, 0.2) is 12.1 Å². The van der Waals surface area contributed by atoms with Gasteiger partial charge in [0.15, 0.2) is 11.5 Å². The molecule has 0 aromatic heterocycles. The molecule has 2 atom stereocenters. The summed E-state index contributed by atoms with van der Waals surface area (Å²) in [7, 11) is 0. The van der Waals surface area contributed by atoms with Gasteiger partial charge >= 0.3 is 5.97 Å². The summed E-state index contributed by atoms with van der Waals surface area (Å²) in [4.78, 5) is 10.7. The number of carbonyl (C=O) groups is 1. The molecule has 6 N–H and O–H groups in total. The van der Waals surface area contributed by atoms with Crippen LogP contribution in [0.3, 0.4) is 0 Å². The molecule has 6 heteroatoms. The summed E-state index contributed by atoms with van der Waals surface area (Å²) in [6.45, 7) is 1.81. The lowest BCUT2D eigenvalue weighted by Crippen LogP contribution is -2.31. The Hall–Kier alpha value is -1.95. The minimum absolute atomic E-state index is 0.113. The van der Waals surface area contributed by atoms with Crippen LogP contribution in [-0.2, 0) is 4.79 Å². The van der Waals surface area contributed by atoms with Gasteiger partial charge in [-0.25, -0.2) is 0 Å². The summed E-state index contributed by atoms with van der Waals surface area (Å²) in [5.41, 5.74) is 5.75. The first-order valence-electron chi connectivity index (χ1n) is 5.60. The van der Waals surface area contributed by atoms with Gasteiger partial charge in [-0.05, 0) is 24.8 Å². The number of aliphatic carboxylic acids is 1. The zero-order chi connectivity index (χ0) is 13.9. The van der Waals surface area contributed by atoms with Gasteiger partial charge in [-0.15, -0.1) is 0 Å². The van der Waals surface area contributed by atoms with Gasteiger partial charge in [0.25, 0.3) is 0 Å². The number of benzene rings is 1. The van der Waals surface area contributed by atoms with Crippen LogP contribution >= 0.6 is 0 Å². The maximum Gasteiger partial charge on any atom is 0.320 e. The molecule has 0 saturated carbocycles. The lowest BCUT2D eigenvalue weighted by atomic mass is 9.89. The van der Waals surface area contributed by atoms with Crippen LogP contribution in [0.1, 0.15) is 31.2 Å². The molecule has 1 aromatic rings. The minimum atomic E-state index is -1.13. The second kappa shape index (κ2) is 5.59. The molecule has 0 amide bonds. The van der Waals surface area contributed by atoms with E-state index in [0.717, 1.165) is 6.07 Å². The first-order valence-corrected chi connectivity index (χ1v) is 5.60. The van der Waals surface area contributed by atoms with Crippen molar-refractivity contribution < 1.29 is 25.2 Å². The average molecular weight is 255 g/mol. The van der Waals surface area contributed by atoms with E-state index >= 15 is 0 Å². The predicted molar refractivity (Wildman–Crippen MR) is 64.7 cm³/mol. The molecule has 0 aliphatic carbocycles. The number of rotatable bonds is 5. The highest BCUT2D eigenvalue weighted by atomic mass is 16.4. The van der Waals surface area contributed by atoms with Gasteiger partial charge in [-0.2, -0.15) is 0 Å². The van der Waals surface area contributed by atoms with Crippen molar-refractivity contribution in [2.24, 2.45) is 5.73 Å². The van der Waals surface area contributed by atoms with Crippen LogP contribution in [-0.4, -0.2) is 32.4 Å². The third-order valence-corrected chi connectivity index (χ3v) is 2.89. The Kier molecular flexibility index (Phi) is 4.38. The van der Waals surface area contributed by atoms with Crippen LogP contribution in [0, 0.1) is 0 Å². The van der Waals surface area contributed by atoms with Gasteiger partial charge in [0.05, 0.1) is 0 Å². The highest BCUT2D eigenvalue weighted by molar-refractivity contribution is 5.73. The zero-order valence-electron chi connectivity index (χ0n) is 10.00. The summed E-state index contributed by atoms with van der Waals surface area (Å²) < 4.78 is 0. The Morgan fingerprint density at radius 3 is 2.44 bits per heavy atom. The molecule has 18 heavy (non-hydrogen) atoms. The van der Waals surface area contributed by atoms with E-state index in [2.05, 4.69) is 0 Å². The molecule has 0 saturated heterocycles. The predicted octanol–water partition coefficient (Wildman–Crippen LogP) is 1.10. The van der Waals surface area contributed by atoms with Crippen molar-refractivity contribution in [3.05, 3.63) is 17.7 Å². The fraction of sp³-hybridized carbons (Fsp3) is 0.417. The molecule has 100 valence electrons. The zero-order valence-corrected chi connectivity index (χ0v) is 10.00. The summed E-state index contributed by atoms with van der Waals surface area (Å²) in [6.07, 6.45) is 0.639. The van der Waals surface area contributed by atoms with Crippen LogP contribution in [0.25, 0.3) is 0 Å². The van der Waals surface area contributed by atoms with Crippen molar-refractivity contribution in [1.82, 2.24) is 0 Å². The molecule has 0 aliphatic heterocycles. The topological polar surface area (TPSA) is 124 Å². The van der Waals surface area contributed by atoms with Crippen molar-refractivity contribution in [2.75, 3.05) is 0 Å². The molecule has 0 radical (unpaired) electrons. The molecule has 0 spiro atoms. The molecule has 0 fully saturated rings. The first kappa shape index (κ1) is 14.1. The second-order valence-electron chi connectivity index (χ2n) is 4.19. The maximum atomic E-state index is 10.7. The Morgan fingerprint density at radius 1 is 1.33 bits per heavy atom. The minimum Gasteiger partial charge on any atom is -0.508 e. The third kappa shape index (κ3) is 3.04. The number of nitrogens with two attached hydrogens (primary N) is 1. The van der Waals surface area contributed by atoms with E-state index in [-0.39, 0.29) is 23.8 Å². The van der Waals surface area contributed by atoms with Crippen molar-refractivity contribution in [3.63, 3.8) is 0 Å². The van der Waals surface area contributed by atoms with E-state index in [1.54, 1.807) is 6.92 Å². The quantitative estimate of drug-likeness (QED) is 0.396. The van der Waals surface area contributed by atoms with Crippen LogP contribution in [0.4, 0.5) is 0 Å². The first-order chi connectivity index (χ1) is 8.36. The molecular formula is C12H17NO5. The number of hydrogen-bond donors (Lipinski definition) is 5. The van der Waals surface area contributed by atoms with Crippen molar-refractivity contribution in [3.8, 4) is 17.2 Å². The highest BCUT2D eigenvalue weighted by Gasteiger charge is 2.23. The molecule has 1 aromatic carbocycles. The van der Waals surface area contributed by atoms with E-state index in [0.29, 0.717) is 12.0 Å². The molecule has 0 bridgehead atoms. The molecular weight excluding hydrogens is 238 g/mol. The Morgan fingerprint density at radius 2 is 1.94 bits per heavy atom. The fourth-order valence-electron chi connectivity index (χ4n) is 1.86. The lowest BCUT2D eigenvalue weighted by Gasteiger charge is -2.19. The SMILES string of the molecule is CCC(CC(N)C(=O)O)c1cc(O)cc(O)c1O. The van der Waals surface area contributed by atoms with Crippen molar-refractivity contribution in [2.45, 2.75) is 31.7 Å². The second-order valence-corrected chi connectivity index (χ2v) is 4.19. The lowest BCUT2D eigenvalue weighted by molar-refractivity contribution is -0.138. The summed E-state index contributed by atoms with van der Waals surface area (Å²) >= 11 is 0. The fourth-order valence-corrected chi connectivity index (χ4v) is 1.86. The molecule has 1 rings (SSSR count). The standard InChI is InChI=1S/C12H17NO5/c1-2-6(3-9(13)12(17)18)8-4-7(14)5-10(15)11(8)16/h4-6,9,14-16H,2-3,13H2,1H3,(H,17,18). The number of phenolic OH excluding ortho intramolecular Hbond substituents is 3. The molecule has 0 aliphatic rings. The van der Waals surface area contributed by atoms with Crippen LogP contribution in [0.2, 0.25) is 0 Å². The van der Waals surface area contributed by atoms with Gasteiger partial charge < -0.3 is 26.2 Å². The number of aromatic hydroxyl groups is 3. The van der Waals surface area contributed by atoms with E-state index < -0.39 is 17.8 Å². The number of hydrogen-bond acceptors (Lipinski definition) is 5. The van der Waals surface area contributed by atoms with Crippen molar-refractivity contribution in [1.29, 1.82) is 0 Å². The smallest absolute Gasteiger partial charge is 0.320 e. The number of carboxylic acid groups (broad SMARTS) is 1. The normalized spacial score (nSPS) is 14.1. The molecule has 6 nitrogen and oxygen atoms in total. The Balaban J connectivity index is 3.05. The Bertz CT molecular complexity index is 446. The van der Waals surface area contributed by atoms with Gasteiger partial charge in [0.1, 0.15) is 11.8 Å². The van der Waals surface area contributed by atoms with Gasteiger partial charge in [0.2, 0.25) is 0 Å². The Labute approximate surface area is 104 Å². The molecule has 2 unspecified atom stereocenters. The van der Waals surface area contributed by atoms with Gasteiger partial charge in [-0.3, -0.25) is 4.79 Å². The van der Waals surface area contributed by atoms with E-state index in [1.165, 1.54) is 6.07 Å². The van der Waals surface area contributed by atoms with E-state index in [1.807, 2.05) is 0 Å². The summed E-state index contributed by atoms with van der Waals surface area (Å²) in [5, 5.41) is 37.3. The van der Waals surface area contributed by atoms with E-state index in [4.69, 9.17) is 10.8 Å². The summed E-state index contributed by atoms with van der Waals surface area (Å²) in [5.74, 6) is -2.46. The highest BCUT2D eigenvalue weighted by Crippen LogP contribution is 2.40. The molecule has 0 heterocycles. The number of phenols is 3. The van der Waals surface area contributed by atoms with E-state index in [9.17, 15) is 20.1 Å². The van der Waals surface area contributed by atoms with Crippen LogP contribution in [0.5, 0.6) is 17.2 Å². The average Bonchev–Trinajstić information content (AvgIpc) is 2.30. The third-order valence-electron chi connectivity index (χ3n) is 2.89. The van der Waals surface area contributed by atoms with Crippen LogP contribution < -0.4 is 5.73 Å². The monoisotopic (exact) mass is 255 g/mol. The van der Waals surface area contributed by atoms with Crippen molar-refractivity contribution >= 4 is 5.97 Å². The largest absolute Gasteiger partial charge is 0.508 e.